The van der Waals surface area contributed by atoms with Gasteiger partial charge in [0.2, 0.25) is 0 Å². The number of hydrogen-bond donors (Lipinski definition) is 7. The topological polar surface area (TPSA) is 231 Å². The van der Waals surface area contributed by atoms with Crippen LogP contribution >= 0.6 is 0 Å². The monoisotopic (exact) mass is 945 g/mol. The molecule has 4 unspecified atom stereocenters. The zero-order valence-corrected chi connectivity index (χ0v) is 40.7. The molecule has 2 saturated heterocycles. The summed E-state index contributed by atoms with van der Waals surface area (Å²) in [5.41, 5.74) is 0. The summed E-state index contributed by atoms with van der Waals surface area (Å²) in [5.74, 6) is -0.933. The molecule has 2 heterocycles. The third kappa shape index (κ3) is 26.7. The molecule has 0 spiro atoms. The Morgan fingerprint density at radius 2 is 0.879 bits per heavy atom. The van der Waals surface area contributed by atoms with Gasteiger partial charge in [-0.1, -0.05) is 147 Å². The summed E-state index contributed by atoms with van der Waals surface area (Å²) in [6.45, 7) is 2.55. The van der Waals surface area contributed by atoms with E-state index in [2.05, 4.69) is 38.2 Å². The van der Waals surface area contributed by atoms with Crippen molar-refractivity contribution in [1.29, 1.82) is 0 Å². The minimum absolute atomic E-state index is 0.163. The Morgan fingerprint density at radius 1 is 0.470 bits per heavy atom. The number of carbonyl (C=O) groups excluding carboxylic acids is 2. The molecule has 0 bridgehead atoms. The number of esters is 2. The van der Waals surface area contributed by atoms with E-state index in [0.29, 0.717) is 12.8 Å². The Bertz CT molecular complexity index is 1250. The van der Waals surface area contributed by atoms with Gasteiger partial charge in [-0.05, 0) is 57.8 Å². The molecule has 7 N–H and O–H groups in total. The maximum atomic E-state index is 13.0. The zero-order chi connectivity index (χ0) is 48.2. The van der Waals surface area contributed by atoms with E-state index in [-0.39, 0.29) is 26.1 Å². The van der Waals surface area contributed by atoms with Crippen molar-refractivity contribution < 1.29 is 73.8 Å². The first-order valence-corrected chi connectivity index (χ1v) is 25.9. The van der Waals surface area contributed by atoms with Gasteiger partial charge in [0.1, 0.15) is 55.4 Å². The first-order valence-electron chi connectivity index (χ1n) is 25.9. The second kappa shape index (κ2) is 38.8. The number of aliphatic hydroxyl groups is 7. The molecule has 0 amide bonds. The molecular formula is C51H92O15. The van der Waals surface area contributed by atoms with Crippen molar-refractivity contribution in [2.75, 3.05) is 26.4 Å². The summed E-state index contributed by atoms with van der Waals surface area (Å²) in [7, 11) is 0. The number of carbonyl (C=O) groups is 2. The van der Waals surface area contributed by atoms with Gasteiger partial charge in [-0.3, -0.25) is 9.59 Å². The standard InChI is InChI=1S/C51H92O15/c1-3-5-7-9-11-13-15-17-19-21-23-25-27-29-31-33-42(53)61-36-39(64-43(54)34-32-30-28-26-24-22-20-18-16-14-12-10-8-6-4-2)37-62-50-49(60)47(58)45(56)41(66-50)38-63-51-48(59)46(57)44(55)40(35-52)65-51/h10,12,17,19,39-41,44-52,55-60H,3-9,11,13-16,18,20-38H2,1-2H3/b12-10+,19-17+/t39-,40-,41-,44+,45+,46?,47?,48?,49?,50-,51-/m1/s1. The highest BCUT2D eigenvalue weighted by Gasteiger charge is 2.47. The van der Waals surface area contributed by atoms with Crippen molar-refractivity contribution in [3.05, 3.63) is 24.3 Å². The molecule has 2 aliphatic rings. The lowest BCUT2D eigenvalue weighted by molar-refractivity contribution is -0.332. The maximum absolute atomic E-state index is 13.0. The van der Waals surface area contributed by atoms with E-state index >= 15 is 0 Å². The highest BCUT2D eigenvalue weighted by Crippen LogP contribution is 2.26. The van der Waals surface area contributed by atoms with Gasteiger partial charge in [-0.25, -0.2) is 0 Å². The van der Waals surface area contributed by atoms with Crippen LogP contribution in [0.4, 0.5) is 0 Å². The molecule has 2 aliphatic heterocycles. The minimum Gasteiger partial charge on any atom is -0.462 e. The Labute approximate surface area is 396 Å². The van der Waals surface area contributed by atoms with Crippen molar-refractivity contribution in [3.8, 4) is 0 Å². The van der Waals surface area contributed by atoms with E-state index in [4.69, 9.17) is 28.4 Å². The van der Waals surface area contributed by atoms with Crippen LogP contribution in [-0.2, 0) is 38.0 Å². The Balaban J connectivity index is 1.81. The van der Waals surface area contributed by atoms with Gasteiger partial charge in [0.25, 0.3) is 0 Å². The number of rotatable bonds is 40. The average molecular weight is 945 g/mol. The fraction of sp³-hybridized carbons (Fsp3) is 0.882. The number of allylic oxidation sites excluding steroid dienone is 4. The smallest absolute Gasteiger partial charge is 0.306 e. The van der Waals surface area contributed by atoms with Crippen LogP contribution in [0.5, 0.6) is 0 Å². The third-order valence-electron chi connectivity index (χ3n) is 12.4. The van der Waals surface area contributed by atoms with Gasteiger partial charge in [0.15, 0.2) is 18.7 Å². The first-order chi connectivity index (χ1) is 32.0. The van der Waals surface area contributed by atoms with Crippen LogP contribution in [0.3, 0.4) is 0 Å². The van der Waals surface area contributed by atoms with E-state index in [1.165, 1.54) is 89.9 Å². The second-order valence-corrected chi connectivity index (χ2v) is 18.3. The number of hydrogen-bond acceptors (Lipinski definition) is 15. The van der Waals surface area contributed by atoms with Crippen LogP contribution < -0.4 is 0 Å². The quantitative estimate of drug-likeness (QED) is 0.0184. The lowest BCUT2D eigenvalue weighted by Crippen LogP contribution is -2.61. The van der Waals surface area contributed by atoms with E-state index in [1.807, 2.05) is 0 Å². The van der Waals surface area contributed by atoms with Crippen LogP contribution in [0.15, 0.2) is 24.3 Å². The lowest BCUT2D eigenvalue weighted by atomic mass is 9.98. The van der Waals surface area contributed by atoms with Crippen LogP contribution in [0.2, 0.25) is 0 Å². The van der Waals surface area contributed by atoms with Crippen molar-refractivity contribution in [2.24, 2.45) is 0 Å². The Morgan fingerprint density at radius 3 is 1.38 bits per heavy atom. The molecule has 15 nitrogen and oxygen atoms in total. The summed E-state index contributed by atoms with van der Waals surface area (Å²) < 4.78 is 33.6. The molecular weight excluding hydrogens is 853 g/mol. The predicted octanol–water partition coefficient (Wildman–Crippen LogP) is 7.16. The molecule has 0 aromatic rings. The Kier molecular flexibility index (Phi) is 35.3. The molecule has 386 valence electrons. The number of aliphatic hydroxyl groups excluding tert-OH is 7. The van der Waals surface area contributed by atoms with Crippen molar-refractivity contribution in [1.82, 2.24) is 0 Å². The number of ether oxygens (including phenoxy) is 6. The molecule has 0 radical (unpaired) electrons. The van der Waals surface area contributed by atoms with Gasteiger partial charge in [-0.15, -0.1) is 0 Å². The lowest BCUT2D eigenvalue weighted by Gasteiger charge is -2.42. The van der Waals surface area contributed by atoms with Crippen LogP contribution in [0.25, 0.3) is 0 Å². The SMILES string of the molecule is CCCC/C=C/CCCCCCCCCCCC(=O)O[C@H](COC(=O)CCCCCCC/C=C/CCCCCCCC)CO[C@@H]1O[C@H](CO[C@@H]2O[C@H](CO)[C@H](O)C(O)C2O)[C@H](O)C(O)C1O. The van der Waals surface area contributed by atoms with Crippen LogP contribution in [0, 0.1) is 0 Å². The van der Waals surface area contributed by atoms with Crippen molar-refractivity contribution >= 4 is 11.9 Å². The maximum Gasteiger partial charge on any atom is 0.306 e. The molecule has 66 heavy (non-hydrogen) atoms. The highest BCUT2D eigenvalue weighted by atomic mass is 16.7. The van der Waals surface area contributed by atoms with E-state index < -0.39 is 92.7 Å². The summed E-state index contributed by atoms with van der Waals surface area (Å²) >= 11 is 0. The fourth-order valence-corrected chi connectivity index (χ4v) is 8.07. The van der Waals surface area contributed by atoms with Crippen molar-refractivity contribution in [3.63, 3.8) is 0 Å². The highest BCUT2D eigenvalue weighted by molar-refractivity contribution is 5.70. The van der Waals surface area contributed by atoms with E-state index in [9.17, 15) is 45.3 Å². The molecule has 15 heteroatoms. The fourth-order valence-electron chi connectivity index (χ4n) is 8.07. The second-order valence-electron chi connectivity index (χ2n) is 18.3. The Hall–Kier alpha value is -2.02. The summed E-state index contributed by atoms with van der Waals surface area (Å²) in [6, 6.07) is 0. The minimum atomic E-state index is -1.76. The van der Waals surface area contributed by atoms with Gasteiger partial charge in [0, 0.05) is 12.8 Å². The molecule has 0 aliphatic carbocycles. The molecule has 2 fully saturated rings. The molecule has 0 aromatic carbocycles. The van der Waals surface area contributed by atoms with Crippen molar-refractivity contribution in [2.45, 2.75) is 261 Å². The normalized spacial score (nSPS) is 26.3. The zero-order valence-electron chi connectivity index (χ0n) is 40.7. The van der Waals surface area contributed by atoms with E-state index in [1.54, 1.807) is 0 Å². The first kappa shape index (κ1) is 60.1. The average Bonchev–Trinajstić information content (AvgIpc) is 3.31. The third-order valence-corrected chi connectivity index (χ3v) is 12.4. The molecule has 0 aromatic heterocycles. The number of unbranched alkanes of at least 4 members (excludes halogenated alkanes) is 22. The summed E-state index contributed by atoms with van der Waals surface area (Å²) in [6.07, 6.45) is 22.0. The van der Waals surface area contributed by atoms with Gasteiger partial charge in [-0.2, -0.15) is 0 Å². The predicted molar refractivity (Wildman–Crippen MR) is 252 cm³/mol. The van der Waals surface area contributed by atoms with Crippen LogP contribution in [-0.4, -0.2) is 142 Å². The van der Waals surface area contributed by atoms with Gasteiger partial charge in [0.05, 0.1) is 19.8 Å². The summed E-state index contributed by atoms with van der Waals surface area (Å²) in [4.78, 5) is 25.7. The van der Waals surface area contributed by atoms with Gasteiger partial charge < -0.3 is 64.2 Å². The molecule has 11 atom stereocenters. The van der Waals surface area contributed by atoms with E-state index in [0.717, 1.165) is 64.2 Å². The largest absolute Gasteiger partial charge is 0.462 e. The van der Waals surface area contributed by atoms with Crippen LogP contribution in [0.1, 0.15) is 194 Å². The molecule has 2 rings (SSSR count). The molecule has 0 saturated carbocycles. The van der Waals surface area contributed by atoms with Gasteiger partial charge >= 0.3 is 11.9 Å². The summed E-state index contributed by atoms with van der Waals surface area (Å²) in [5, 5.41) is 72.1.